The predicted octanol–water partition coefficient (Wildman–Crippen LogP) is 2.25. The highest BCUT2D eigenvalue weighted by molar-refractivity contribution is 8.14. The van der Waals surface area contributed by atoms with Crippen molar-refractivity contribution in [3.8, 4) is 5.75 Å². The first-order valence-electron chi connectivity index (χ1n) is 4.16. The summed E-state index contributed by atoms with van der Waals surface area (Å²) in [5.74, 6) is -0.0107. The topological polar surface area (TPSA) is 86.5 Å². The summed E-state index contributed by atoms with van der Waals surface area (Å²) in [6, 6.07) is 2.17. The van der Waals surface area contributed by atoms with E-state index in [1.807, 2.05) is 0 Å². The number of thioether (sulfide) groups is 1. The maximum Gasteiger partial charge on any atom is 0.312 e. The number of hydrogen-bond donors (Lipinski definition) is 0. The van der Waals surface area contributed by atoms with Crippen molar-refractivity contribution >= 4 is 37.2 Å². The van der Waals surface area contributed by atoms with Crippen LogP contribution in [-0.2, 0) is 9.05 Å². The van der Waals surface area contributed by atoms with Gasteiger partial charge in [0.05, 0.1) is 12.0 Å². The minimum atomic E-state index is -4.04. The minimum absolute atomic E-state index is 0.0107. The molecule has 0 fully saturated rings. The molecule has 0 radical (unpaired) electrons. The molecule has 1 rings (SSSR count). The number of methoxy groups -OCH3 is 1. The zero-order valence-corrected chi connectivity index (χ0v) is 11.2. The lowest BCUT2D eigenvalue weighted by molar-refractivity contribution is -0.386. The van der Waals surface area contributed by atoms with Gasteiger partial charge in [-0.2, -0.15) is 0 Å². The third kappa shape index (κ3) is 3.02. The Kier molecular flexibility index (Phi) is 4.23. The summed E-state index contributed by atoms with van der Waals surface area (Å²) in [5.41, 5.74) is -0.440. The second kappa shape index (κ2) is 5.11. The first-order chi connectivity index (χ1) is 7.81. The monoisotopic (exact) mass is 297 g/mol. The summed E-state index contributed by atoms with van der Waals surface area (Å²) in [6.07, 6.45) is 1.63. The van der Waals surface area contributed by atoms with Gasteiger partial charge in [0.2, 0.25) is 0 Å². The molecule has 0 N–H and O–H groups in total. The third-order valence-electron chi connectivity index (χ3n) is 1.92. The molecule has 1 aromatic rings. The van der Waals surface area contributed by atoms with Crippen molar-refractivity contribution in [2.24, 2.45) is 0 Å². The van der Waals surface area contributed by atoms with Crippen LogP contribution in [0.4, 0.5) is 5.69 Å². The molecule has 94 valence electrons. The summed E-state index contributed by atoms with van der Waals surface area (Å²) in [5, 5.41) is 10.7. The predicted molar refractivity (Wildman–Crippen MR) is 64.5 cm³/mol. The Morgan fingerprint density at radius 2 is 2.06 bits per heavy atom. The van der Waals surface area contributed by atoms with Crippen molar-refractivity contribution in [1.29, 1.82) is 0 Å². The van der Waals surface area contributed by atoms with Crippen LogP contribution < -0.4 is 4.74 Å². The van der Waals surface area contributed by atoms with Crippen molar-refractivity contribution in [3.63, 3.8) is 0 Å². The molecule has 17 heavy (non-hydrogen) atoms. The maximum atomic E-state index is 11.3. The van der Waals surface area contributed by atoms with E-state index in [1.54, 1.807) is 6.26 Å². The van der Waals surface area contributed by atoms with Gasteiger partial charge in [0.1, 0.15) is 4.90 Å². The van der Waals surface area contributed by atoms with Crippen LogP contribution in [0, 0.1) is 10.1 Å². The van der Waals surface area contributed by atoms with Crippen LogP contribution >= 0.6 is 22.4 Å². The van der Waals surface area contributed by atoms with Gasteiger partial charge in [0.15, 0.2) is 5.75 Å². The van der Waals surface area contributed by atoms with Gasteiger partial charge in [-0.25, -0.2) is 8.42 Å². The molecule has 6 nitrogen and oxygen atoms in total. The molecule has 0 unspecified atom stereocenters. The number of nitro benzene ring substituents is 1. The molecule has 0 aliphatic rings. The van der Waals surface area contributed by atoms with Gasteiger partial charge in [0.25, 0.3) is 9.05 Å². The van der Waals surface area contributed by atoms with Crippen LogP contribution in [0.1, 0.15) is 0 Å². The molecule has 0 heterocycles. The molecule has 0 saturated carbocycles. The Morgan fingerprint density at radius 1 is 1.47 bits per heavy atom. The first-order valence-corrected chi connectivity index (χ1v) is 7.69. The van der Waals surface area contributed by atoms with Crippen LogP contribution in [0.3, 0.4) is 0 Å². The smallest absolute Gasteiger partial charge is 0.312 e. The second-order valence-corrected chi connectivity index (χ2v) is 6.25. The fourth-order valence-electron chi connectivity index (χ4n) is 1.19. The highest BCUT2D eigenvalue weighted by atomic mass is 35.7. The highest BCUT2D eigenvalue weighted by Gasteiger charge is 2.24. The minimum Gasteiger partial charge on any atom is -0.490 e. The summed E-state index contributed by atoms with van der Waals surface area (Å²) < 4.78 is 27.4. The van der Waals surface area contributed by atoms with Gasteiger partial charge in [-0.05, 0) is 6.26 Å². The fourth-order valence-corrected chi connectivity index (χ4v) is 3.32. The van der Waals surface area contributed by atoms with E-state index in [4.69, 9.17) is 15.4 Å². The van der Waals surface area contributed by atoms with E-state index in [9.17, 15) is 18.5 Å². The number of nitrogens with zero attached hydrogens (tertiary/aromatic N) is 1. The summed E-state index contributed by atoms with van der Waals surface area (Å²) in [6.45, 7) is 0. The SMILES string of the molecule is COc1cc(SC)c(S(=O)(=O)Cl)cc1[N+](=O)[O-]. The van der Waals surface area contributed by atoms with Crippen LogP contribution in [0.5, 0.6) is 5.75 Å². The van der Waals surface area contributed by atoms with Gasteiger partial charge < -0.3 is 4.74 Å². The number of hydrogen-bond acceptors (Lipinski definition) is 6. The van der Waals surface area contributed by atoms with Crippen molar-refractivity contribution in [2.45, 2.75) is 9.79 Å². The highest BCUT2D eigenvalue weighted by Crippen LogP contribution is 2.37. The summed E-state index contributed by atoms with van der Waals surface area (Å²) in [4.78, 5) is 10.0. The quantitative estimate of drug-likeness (QED) is 0.367. The van der Waals surface area contributed by atoms with Crippen molar-refractivity contribution < 1.29 is 18.1 Å². The van der Waals surface area contributed by atoms with E-state index in [1.165, 1.54) is 13.2 Å². The number of ether oxygens (including phenoxy) is 1. The van der Waals surface area contributed by atoms with Gasteiger partial charge in [-0.15, -0.1) is 11.8 Å². The standard InChI is InChI=1S/C8H8ClNO5S2/c1-15-6-4-7(16-2)8(17(9,13)14)3-5(6)10(11)12/h3-4H,1-2H3. The van der Waals surface area contributed by atoms with Crippen LogP contribution in [-0.4, -0.2) is 26.7 Å². The van der Waals surface area contributed by atoms with Crippen LogP contribution in [0.15, 0.2) is 21.9 Å². The van der Waals surface area contributed by atoms with Crippen molar-refractivity contribution in [3.05, 3.63) is 22.2 Å². The Bertz CT molecular complexity index is 557. The van der Waals surface area contributed by atoms with Gasteiger partial charge in [-0.3, -0.25) is 10.1 Å². The molecule has 0 amide bonds. The van der Waals surface area contributed by atoms with Gasteiger partial charge >= 0.3 is 5.69 Å². The van der Waals surface area contributed by atoms with Gasteiger partial charge in [0, 0.05) is 27.7 Å². The zero-order valence-electron chi connectivity index (χ0n) is 8.84. The Morgan fingerprint density at radius 3 is 2.41 bits per heavy atom. The molecule has 0 aliphatic carbocycles. The number of benzene rings is 1. The molecule has 0 spiro atoms. The lowest BCUT2D eigenvalue weighted by Gasteiger charge is -2.07. The Hall–Kier alpha value is -0.990. The van der Waals surface area contributed by atoms with E-state index in [0.717, 1.165) is 17.8 Å². The molecule has 0 aliphatic heterocycles. The third-order valence-corrected chi connectivity index (χ3v) is 4.19. The lowest BCUT2D eigenvalue weighted by Crippen LogP contribution is -1.99. The number of halogens is 1. The van der Waals surface area contributed by atoms with Crippen LogP contribution in [0.25, 0.3) is 0 Å². The van der Waals surface area contributed by atoms with E-state index < -0.39 is 19.7 Å². The largest absolute Gasteiger partial charge is 0.490 e. The average Bonchev–Trinajstić information content (AvgIpc) is 2.25. The average molecular weight is 298 g/mol. The molecule has 0 aromatic heterocycles. The van der Waals surface area contributed by atoms with E-state index in [-0.39, 0.29) is 10.6 Å². The fraction of sp³-hybridized carbons (Fsp3) is 0.250. The van der Waals surface area contributed by atoms with Crippen LogP contribution in [0.2, 0.25) is 0 Å². The summed E-state index contributed by atoms with van der Waals surface area (Å²) in [7, 11) is 2.44. The van der Waals surface area contributed by atoms with Crippen molar-refractivity contribution in [2.75, 3.05) is 13.4 Å². The van der Waals surface area contributed by atoms with E-state index in [2.05, 4.69) is 0 Å². The first kappa shape index (κ1) is 14.1. The molecule has 1 aromatic carbocycles. The van der Waals surface area contributed by atoms with E-state index in [0.29, 0.717) is 4.90 Å². The molecule has 0 atom stereocenters. The molecular formula is C8H8ClNO5S2. The molecule has 0 bridgehead atoms. The lowest BCUT2D eigenvalue weighted by atomic mass is 10.3. The molecule has 9 heteroatoms. The normalized spacial score (nSPS) is 11.2. The summed E-state index contributed by atoms with van der Waals surface area (Å²) >= 11 is 1.11. The second-order valence-electron chi connectivity index (χ2n) is 2.87. The number of rotatable bonds is 4. The Balaban J connectivity index is 3.62. The van der Waals surface area contributed by atoms with Crippen molar-refractivity contribution in [1.82, 2.24) is 0 Å². The van der Waals surface area contributed by atoms with Gasteiger partial charge in [-0.1, -0.05) is 0 Å². The zero-order chi connectivity index (χ0) is 13.2. The Labute approximate surface area is 106 Å². The molecular weight excluding hydrogens is 290 g/mol. The maximum absolute atomic E-state index is 11.3. The number of nitro groups is 1. The molecule has 0 saturated heterocycles. The van der Waals surface area contributed by atoms with E-state index >= 15 is 0 Å².